The van der Waals surface area contributed by atoms with Crippen molar-refractivity contribution < 1.29 is 14.3 Å². The number of anilines is 2. The second-order valence-electron chi connectivity index (χ2n) is 8.04. The average Bonchev–Trinajstić information content (AvgIpc) is 3.40. The van der Waals surface area contributed by atoms with E-state index in [1.807, 2.05) is 12.1 Å². The van der Waals surface area contributed by atoms with Crippen molar-refractivity contribution in [1.29, 1.82) is 0 Å². The average molecular weight is 485 g/mol. The maximum atomic E-state index is 12.6. The van der Waals surface area contributed by atoms with Gasteiger partial charge in [-0.15, -0.1) is 11.3 Å². The lowest BCUT2D eigenvalue weighted by atomic mass is 9.97. The zero-order chi connectivity index (χ0) is 22.8. The van der Waals surface area contributed by atoms with Crippen LogP contribution >= 0.6 is 23.1 Å². The van der Waals surface area contributed by atoms with Gasteiger partial charge in [0.05, 0.1) is 29.1 Å². The number of cyclic esters (lactones) is 1. The number of fused-ring (bicyclic) bond motifs is 3. The molecule has 0 atom stereocenters. The number of nitrogens with zero attached hydrogens (tertiary/aromatic N) is 2. The molecule has 2 aliphatic rings. The number of thioether (sulfide) groups is 1. The number of benzene rings is 1. The molecule has 1 saturated heterocycles. The summed E-state index contributed by atoms with van der Waals surface area (Å²) in [7, 11) is 0. The second kappa shape index (κ2) is 9.56. The van der Waals surface area contributed by atoms with E-state index in [2.05, 4.69) is 15.3 Å². The summed E-state index contributed by atoms with van der Waals surface area (Å²) in [5, 5.41) is 3.66. The molecule has 1 aromatic carbocycles. The fourth-order valence-electron chi connectivity index (χ4n) is 4.25. The Morgan fingerprint density at radius 2 is 2.09 bits per heavy atom. The van der Waals surface area contributed by atoms with E-state index in [-0.39, 0.29) is 11.5 Å². The molecule has 0 radical (unpaired) electrons. The predicted octanol–water partition coefficient (Wildman–Crippen LogP) is 4.08. The smallest absolute Gasteiger partial charge is 0.414 e. The number of carbonyl (C=O) groups is 2. The summed E-state index contributed by atoms with van der Waals surface area (Å²) in [5.41, 5.74) is 2.36. The van der Waals surface area contributed by atoms with E-state index in [4.69, 9.17) is 4.74 Å². The van der Waals surface area contributed by atoms with E-state index in [1.165, 1.54) is 21.8 Å². The van der Waals surface area contributed by atoms with Crippen molar-refractivity contribution in [2.45, 2.75) is 37.9 Å². The van der Waals surface area contributed by atoms with Crippen molar-refractivity contribution in [2.24, 2.45) is 0 Å². The SMILES string of the molecule is O=C(CCSCc1nc2sc3c(c2c(=O)[nH]1)CCCC3)Nc1ccccc1N1CCOC1=O. The zero-order valence-electron chi connectivity index (χ0n) is 18.0. The molecule has 3 aromatic rings. The fraction of sp³-hybridized carbons (Fsp3) is 0.391. The topological polar surface area (TPSA) is 104 Å². The van der Waals surface area contributed by atoms with Crippen LogP contribution < -0.4 is 15.8 Å². The first-order valence-corrected chi connectivity index (χ1v) is 13.0. The van der Waals surface area contributed by atoms with Gasteiger partial charge in [-0.2, -0.15) is 11.8 Å². The first-order chi connectivity index (χ1) is 16.1. The Bertz CT molecular complexity index is 1270. The molecule has 0 spiro atoms. The normalized spacial score (nSPS) is 15.5. The van der Waals surface area contributed by atoms with E-state index in [0.29, 0.717) is 48.3 Å². The molecule has 2 aromatic heterocycles. The highest BCUT2D eigenvalue weighted by molar-refractivity contribution is 7.98. The number of nitrogens with one attached hydrogen (secondary N) is 2. The molecule has 5 rings (SSSR count). The number of thiophene rings is 1. The van der Waals surface area contributed by atoms with Crippen molar-refractivity contribution in [3.63, 3.8) is 0 Å². The van der Waals surface area contributed by atoms with Crippen molar-refractivity contribution in [2.75, 3.05) is 29.1 Å². The van der Waals surface area contributed by atoms with E-state index >= 15 is 0 Å². The number of para-hydroxylation sites is 2. The summed E-state index contributed by atoms with van der Waals surface area (Å²) >= 11 is 3.20. The van der Waals surface area contributed by atoms with E-state index in [1.54, 1.807) is 35.2 Å². The Labute approximate surface area is 198 Å². The molecule has 1 fully saturated rings. The Morgan fingerprint density at radius 1 is 1.24 bits per heavy atom. The van der Waals surface area contributed by atoms with Gasteiger partial charge in [0.2, 0.25) is 5.91 Å². The zero-order valence-corrected chi connectivity index (χ0v) is 19.7. The van der Waals surface area contributed by atoms with Gasteiger partial charge in [-0.25, -0.2) is 9.78 Å². The highest BCUT2D eigenvalue weighted by Gasteiger charge is 2.26. The van der Waals surface area contributed by atoms with Crippen LogP contribution in [0, 0.1) is 0 Å². The van der Waals surface area contributed by atoms with Gasteiger partial charge in [0.15, 0.2) is 0 Å². The largest absolute Gasteiger partial charge is 0.447 e. The molecule has 8 nitrogen and oxygen atoms in total. The lowest BCUT2D eigenvalue weighted by molar-refractivity contribution is -0.115. The van der Waals surface area contributed by atoms with Crippen LogP contribution in [-0.2, 0) is 28.1 Å². The maximum absolute atomic E-state index is 12.6. The maximum Gasteiger partial charge on any atom is 0.414 e. The number of hydrogen-bond acceptors (Lipinski definition) is 7. The molecule has 0 saturated carbocycles. The van der Waals surface area contributed by atoms with E-state index in [9.17, 15) is 14.4 Å². The number of carbonyl (C=O) groups excluding carboxylic acids is 2. The Morgan fingerprint density at radius 3 is 2.94 bits per heavy atom. The summed E-state index contributed by atoms with van der Waals surface area (Å²) in [6, 6.07) is 7.20. The number of aryl methyl sites for hydroxylation is 2. The van der Waals surface area contributed by atoms with Gasteiger partial charge in [-0.1, -0.05) is 12.1 Å². The highest BCUT2D eigenvalue weighted by atomic mass is 32.2. The van der Waals surface area contributed by atoms with Gasteiger partial charge >= 0.3 is 6.09 Å². The first-order valence-electron chi connectivity index (χ1n) is 11.0. The molecule has 0 unspecified atom stereocenters. The number of aromatic amines is 1. The Balaban J connectivity index is 1.17. The van der Waals surface area contributed by atoms with Crippen LogP contribution in [0.3, 0.4) is 0 Å². The van der Waals surface area contributed by atoms with Gasteiger partial charge in [0, 0.05) is 17.1 Å². The van der Waals surface area contributed by atoms with Crippen molar-refractivity contribution in [1.82, 2.24) is 9.97 Å². The van der Waals surface area contributed by atoms with Gasteiger partial charge in [0.1, 0.15) is 17.3 Å². The molecule has 3 heterocycles. The number of aromatic nitrogens is 2. The quantitative estimate of drug-likeness (QED) is 0.490. The van der Waals surface area contributed by atoms with Crippen molar-refractivity contribution in [3.8, 4) is 0 Å². The molecular weight excluding hydrogens is 460 g/mol. The monoisotopic (exact) mass is 484 g/mol. The van der Waals surface area contributed by atoms with Crippen LogP contribution in [0.15, 0.2) is 29.1 Å². The predicted molar refractivity (Wildman–Crippen MR) is 131 cm³/mol. The minimum Gasteiger partial charge on any atom is -0.447 e. The molecule has 10 heteroatoms. The van der Waals surface area contributed by atoms with E-state index in [0.717, 1.165) is 29.5 Å². The summed E-state index contributed by atoms with van der Waals surface area (Å²) in [6.07, 6.45) is 4.21. The fourth-order valence-corrected chi connectivity index (χ4v) is 6.34. The number of rotatable bonds is 7. The third-order valence-electron chi connectivity index (χ3n) is 5.82. The molecule has 2 amide bonds. The molecule has 172 valence electrons. The lowest BCUT2D eigenvalue weighted by Crippen LogP contribution is -2.25. The van der Waals surface area contributed by atoms with Crippen molar-refractivity contribution >= 4 is 56.7 Å². The Hall–Kier alpha value is -2.85. The minimum atomic E-state index is -0.405. The van der Waals surface area contributed by atoms with Gasteiger partial charge < -0.3 is 15.0 Å². The van der Waals surface area contributed by atoms with Crippen LogP contribution in [0.1, 0.15) is 35.5 Å². The number of ether oxygens (including phenoxy) is 1. The molecule has 2 N–H and O–H groups in total. The van der Waals surface area contributed by atoms with Crippen molar-refractivity contribution in [3.05, 3.63) is 50.9 Å². The Kier molecular flexibility index (Phi) is 6.37. The number of H-pyrrole nitrogens is 1. The molecule has 1 aliphatic carbocycles. The van der Waals surface area contributed by atoms with Crippen LogP contribution in [0.2, 0.25) is 0 Å². The van der Waals surface area contributed by atoms with Crippen LogP contribution in [-0.4, -0.2) is 40.9 Å². The van der Waals surface area contributed by atoms with Crippen LogP contribution in [0.25, 0.3) is 10.2 Å². The van der Waals surface area contributed by atoms with Crippen LogP contribution in [0.4, 0.5) is 16.2 Å². The number of amides is 2. The summed E-state index contributed by atoms with van der Waals surface area (Å²) < 4.78 is 5.00. The summed E-state index contributed by atoms with van der Waals surface area (Å²) in [6.45, 7) is 0.804. The van der Waals surface area contributed by atoms with E-state index < -0.39 is 6.09 Å². The second-order valence-corrected chi connectivity index (χ2v) is 10.2. The van der Waals surface area contributed by atoms with Gasteiger partial charge in [-0.05, 0) is 43.4 Å². The standard InChI is InChI=1S/C23H24N4O4S2/c28-19(24-15-6-2-3-7-16(15)27-10-11-31-23(27)30)9-12-32-13-18-25-21(29)20-14-5-1-4-8-17(14)33-22(20)26-18/h2-3,6-7H,1,4-5,8-13H2,(H,24,28)(H,25,26,29). The van der Waals surface area contributed by atoms with Gasteiger partial charge in [-0.3, -0.25) is 14.5 Å². The first kappa shape index (κ1) is 22.0. The molecule has 1 aliphatic heterocycles. The molecule has 33 heavy (non-hydrogen) atoms. The summed E-state index contributed by atoms with van der Waals surface area (Å²) in [4.78, 5) is 48.3. The summed E-state index contributed by atoms with van der Waals surface area (Å²) in [5.74, 6) is 1.64. The third kappa shape index (κ3) is 4.63. The molecule has 0 bridgehead atoms. The van der Waals surface area contributed by atoms with Gasteiger partial charge in [0.25, 0.3) is 5.56 Å². The lowest BCUT2D eigenvalue weighted by Gasteiger charge is -2.17. The highest BCUT2D eigenvalue weighted by Crippen LogP contribution is 2.33. The molecular formula is C23H24N4O4S2. The minimum absolute atomic E-state index is 0.0511. The van der Waals surface area contributed by atoms with Crippen LogP contribution in [0.5, 0.6) is 0 Å². The third-order valence-corrected chi connectivity index (χ3v) is 7.97. The number of hydrogen-bond donors (Lipinski definition) is 2.